The van der Waals surface area contributed by atoms with Gasteiger partial charge in [-0.15, -0.1) is 0 Å². The number of ketones is 8. The lowest BCUT2D eigenvalue weighted by atomic mass is 9.68. The summed E-state index contributed by atoms with van der Waals surface area (Å²) >= 11 is 0. The fraction of sp³-hybridized carbons (Fsp3) is 0.190. The quantitative estimate of drug-likeness (QED) is 0.229. The topological polar surface area (TPSA) is 217 Å². The zero-order valence-corrected chi connectivity index (χ0v) is 28.6. The molecule has 0 fully saturated rings. The SMILES string of the molecule is O=C1C(=O)C2C=CC1C1=C2C2=NC1=Cc1[nH]c(c3c1C1C=CC3C(=O)C1=O)Nc1[nH]c(c3c1C1C=CC3C(=O)C1=O)C=C1N=C(N2)C2=C1C1C=CC2C(=O)C1=O. The first-order chi connectivity index (χ1) is 27.1. The molecule has 14 heteroatoms. The van der Waals surface area contributed by atoms with Gasteiger partial charge in [-0.3, -0.25) is 38.4 Å². The van der Waals surface area contributed by atoms with Crippen LogP contribution in [0.2, 0.25) is 0 Å². The van der Waals surface area contributed by atoms with Gasteiger partial charge in [-0.05, 0) is 23.3 Å². The van der Waals surface area contributed by atoms with Gasteiger partial charge in [-0.1, -0.05) is 48.6 Å². The van der Waals surface area contributed by atoms with E-state index in [2.05, 4.69) is 20.6 Å². The lowest BCUT2D eigenvalue weighted by molar-refractivity contribution is -0.139. The van der Waals surface area contributed by atoms with Crippen molar-refractivity contribution in [3.05, 3.63) is 116 Å². The molecule has 15 aliphatic rings. The number of hydrogen-bond acceptors (Lipinski definition) is 12. The molecule has 8 unspecified atom stereocenters. The zero-order valence-electron chi connectivity index (χ0n) is 28.6. The van der Waals surface area contributed by atoms with Crippen molar-refractivity contribution in [2.24, 2.45) is 33.7 Å². The summed E-state index contributed by atoms with van der Waals surface area (Å²) in [4.78, 5) is 124. The maximum atomic E-state index is 13.4. The molecule has 3 aliphatic heterocycles. The second-order valence-corrected chi connectivity index (χ2v) is 15.6. The van der Waals surface area contributed by atoms with E-state index in [1.54, 1.807) is 60.8 Å². The summed E-state index contributed by atoms with van der Waals surface area (Å²) in [7, 11) is 0. The Hall–Kier alpha value is -7.22. The molecule has 268 valence electrons. The average Bonchev–Trinajstić information content (AvgIpc) is 3.96. The molecule has 16 bridgehead atoms. The predicted molar refractivity (Wildman–Crippen MR) is 194 cm³/mol. The molecule has 0 saturated carbocycles. The van der Waals surface area contributed by atoms with E-state index in [4.69, 9.17) is 9.98 Å². The highest BCUT2D eigenvalue weighted by molar-refractivity contribution is 6.47. The third-order valence-corrected chi connectivity index (χ3v) is 13.1. The van der Waals surface area contributed by atoms with Crippen LogP contribution >= 0.6 is 0 Å². The molecule has 0 spiro atoms. The number of amidine groups is 2. The molecular formula is C42H22N6O8. The Labute approximate surface area is 313 Å². The summed E-state index contributed by atoms with van der Waals surface area (Å²) < 4.78 is 0. The van der Waals surface area contributed by atoms with Crippen molar-refractivity contribution >= 4 is 81.7 Å². The fourth-order valence-corrected chi connectivity index (χ4v) is 10.7. The van der Waals surface area contributed by atoms with Gasteiger partial charge >= 0.3 is 0 Å². The van der Waals surface area contributed by atoms with Crippen molar-refractivity contribution < 1.29 is 38.4 Å². The maximum absolute atomic E-state index is 13.4. The second-order valence-electron chi connectivity index (χ2n) is 15.6. The molecule has 17 rings (SSSR count). The van der Waals surface area contributed by atoms with Gasteiger partial charge in [0.2, 0.25) is 46.3 Å². The molecule has 2 aromatic rings. The number of carbonyl (C=O) groups is 8. The highest BCUT2D eigenvalue weighted by atomic mass is 16.2. The summed E-state index contributed by atoms with van der Waals surface area (Å²) in [5.41, 5.74) is 5.78. The van der Waals surface area contributed by atoms with Gasteiger partial charge in [0, 0.05) is 44.8 Å². The maximum Gasteiger partial charge on any atom is 0.210 e. The normalized spacial score (nSPS) is 32.9. The van der Waals surface area contributed by atoms with Gasteiger partial charge < -0.3 is 20.6 Å². The molecule has 0 aromatic carbocycles. The molecule has 0 amide bonds. The van der Waals surface area contributed by atoms with Gasteiger partial charge in [0.1, 0.15) is 23.3 Å². The van der Waals surface area contributed by atoms with E-state index in [0.29, 0.717) is 79.0 Å². The van der Waals surface area contributed by atoms with E-state index in [1.165, 1.54) is 0 Å². The molecule has 14 nitrogen and oxygen atoms in total. The van der Waals surface area contributed by atoms with Crippen LogP contribution in [0.4, 0.5) is 11.6 Å². The Bertz CT molecular complexity index is 2770. The number of nitrogens with one attached hydrogen (secondary N) is 4. The van der Waals surface area contributed by atoms with Gasteiger partial charge in [0.15, 0.2) is 0 Å². The Morgan fingerprint density at radius 1 is 0.357 bits per heavy atom. The summed E-state index contributed by atoms with van der Waals surface area (Å²) in [6.07, 6.45) is 17.0. The zero-order chi connectivity index (χ0) is 37.8. The van der Waals surface area contributed by atoms with Crippen molar-refractivity contribution in [1.82, 2.24) is 15.3 Å². The third kappa shape index (κ3) is 3.28. The first-order valence-corrected chi connectivity index (χ1v) is 18.3. The van der Waals surface area contributed by atoms with E-state index < -0.39 is 93.6 Å². The van der Waals surface area contributed by atoms with Crippen molar-refractivity contribution in [3.8, 4) is 0 Å². The molecule has 12 aliphatic carbocycles. The lowest BCUT2D eigenvalue weighted by Gasteiger charge is -2.32. The summed E-state index contributed by atoms with van der Waals surface area (Å²) in [6.45, 7) is 0. The number of carbonyl (C=O) groups excluding carboxylic acids is 8. The van der Waals surface area contributed by atoms with Crippen LogP contribution in [0.3, 0.4) is 0 Å². The van der Waals surface area contributed by atoms with Crippen molar-refractivity contribution in [2.45, 2.75) is 23.7 Å². The van der Waals surface area contributed by atoms with Gasteiger partial charge in [-0.2, -0.15) is 0 Å². The minimum atomic E-state index is -0.932. The number of Topliss-reactive ketones (excluding diaryl/α,β-unsaturated/α-hetero) is 8. The van der Waals surface area contributed by atoms with Crippen LogP contribution < -0.4 is 10.6 Å². The Kier molecular flexibility index (Phi) is 5.13. The number of rotatable bonds is 0. The van der Waals surface area contributed by atoms with E-state index in [0.717, 1.165) is 0 Å². The number of H-pyrrole nitrogens is 2. The molecular weight excluding hydrogens is 716 g/mol. The van der Waals surface area contributed by atoms with Crippen LogP contribution in [0.15, 0.2) is 92.3 Å². The molecule has 5 heterocycles. The number of aliphatic imine (C=N–C) groups is 2. The standard InChI is InChI=1S/C42H22N6O8/c49-31-11-1-5-15(35(31)53)27-23(11)19-9-20-24-12-2-6-16(36(54)32(12)50)28(24)41(44-20)48-42-30-18-8-4-14(34(52)38(18)56)26(30)22(46-42)10-21-25-13-3-7-17(37(55)33(13)51)29(25)40(45-21)47-39(27)43-19/h1-18,43,45,47H,(H,44,46,48). The average molecular weight is 739 g/mol. The van der Waals surface area contributed by atoms with E-state index in [1.807, 2.05) is 0 Å². The van der Waals surface area contributed by atoms with Crippen LogP contribution in [0.1, 0.15) is 57.3 Å². The summed E-state index contributed by atoms with van der Waals surface area (Å²) in [5, 5.41) is 6.73. The van der Waals surface area contributed by atoms with Gasteiger partial charge in [0.05, 0.1) is 58.7 Å². The predicted octanol–water partition coefficient (Wildman–Crippen LogP) is 2.47. The molecule has 2 aromatic heterocycles. The van der Waals surface area contributed by atoms with E-state index >= 15 is 0 Å². The Balaban J connectivity index is 1.10. The van der Waals surface area contributed by atoms with Crippen LogP contribution in [0.25, 0.3) is 12.2 Å². The number of anilines is 2. The Morgan fingerprint density at radius 2 is 0.661 bits per heavy atom. The first kappa shape index (κ1) is 30.1. The molecule has 0 saturated heterocycles. The summed E-state index contributed by atoms with van der Waals surface area (Å²) in [6, 6.07) is 0. The fourth-order valence-electron chi connectivity index (χ4n) is 10.7. The molecule has 8 atom stereocenters. The highest BCUT2D eigenvalue weighted by Gasteiger charge is 2.53. The van der Waals surface area contributed by atoms with E-state index in [9.17, 15) is 38.4 Å². The number of nitrogens with zero attached hydrogens (tertiary/aromatic N) is 2. The van der Waals surface area contributed by atoms with Crippen molar-refractivity contribution in [1.29, 1.82) is 0 Å². The molecule has 4 N–H and O–H groups in total. The van der Waals surface area contributed by atoms with Crippen molar-refractivity contribution in [3.63, 3.8) is 0 Å². The lowest BCUT2D eigenvalue weighted by Crippen LogP contribution is -2.46. The number of allylic oxidation sites excluding steroid dienone is 10. The number of aromatic amines is 2. The third-order valence-electron chi connectivity index (χ3n) is 13.1. The highest BCUT2D eigenvalue weighted by Crippen LogP contribution is 2.53. The van der Waals surface area contributed by atoms with Crippen LogP contribution in [-0.2, 0) is 38.4 Å². The number of hydrogen-bond donors (Lipinski definition) is 4. The second kappa shape index (κ2) is 9.52. The largest absolute Gasteiger partial charge is 0.341 e. The monoisotopic (exact) mass is 738 g/mol. The van der Waals surface area contributed by atoms with Crippen molar-refractivity contribution in [2.75, 3.05) is 5.32 Å². The molecule has 0 radical (unpaired) electrons. The number of fused-ring (bicyclic) bond motifs is 10. The van der Waals surface area contributed by atoms with E-state index in [-0.39, 0.29) is 11.7 Å². The van der Waals surface area contributed by atoms with Gasteiger partial charge in [-0.25, -0.2) is 9.98 Å². The first-order valence-electron chi connectivity index (χ1n) is 18.3. The minimum absolute atomic E-state index is 0.243. The van der Waals surface area contributed by atoms with Crippen LogP contribution in [0, 0.1) is 23.7 Å². The summed E-state index contributed by atoms with van der Waals surface area (Å²) in [5.74, 6) is -10.6. The number of aromatic nitrogens is 2. The van der Waals surface area contributed by atoms with Crippen LogP contribution in [-0.4, -0.2) is 67.9 Å². The smallest absolute Gasteiger partial charge is 0.210 e. The minimum Gasteiger partial charge on any atom is -0.341 e. The molecule has 56 heavy (non-hydrogen) atoms. The van der Waals surface area contributed by atoms with Gasteiger partial charge in [0.25, 0.3) is 0 Å². The van der Waals surface area contributed by atoms with Crippen LogP contribution in [0.5, 0.6) is 0 Å². The Morgan fingerprint density at radius 3 is 1.04 bits per heavy atom.